The van der Waals surface area contributed by atoms with Crippen molar-refractivity contribution in [3.63, 3.8) is 0 Å². The van der Waals surface area contributed by atoms with E-state index in [4.69, 9.17) is 34.1 Å². The van der Waals surface area contributed by atoms with Gasteiger partial charge in [-0.1, -0.05) is 92.4 Å². The van der Waals surface area contributed by atoms with Crippen LogP contribution in [0, 0.1) is 0 Å². The molecule has 5 aromatic heterocycles. The van der Waals surface area contributed by atoms with Gasteiger partial charge in [0, 0.05) is 65.5 Å². The van der Waals surface area contributed by atoms with Crippen LogP contribution < -0.4 is 44.5 Å². The fourth-order valence-electron chi connectivity index (χ4n) is 12.7. The molecule has 0 radical (unpaired) electrons. The molecule has 1 atom stereocenters. The van der Waals surface area contributed by atoms with Gasteiger partial charge in [0.1, 0.15) is 11.5 Å². The SMILES string of the molecule is C.CC1CCCO1.CCOC(=O)COc1ccc2c(c1)CCN(Cc1cc(-c3ccc(C(F)(F)F)cc3)cs1)CC2.O=C(O)COc1ccc2c(c1)CCN(Cc1cc(-c3ccc(C(F)(F)F)cc3)cs1)CC2.O=Cc1cc(-c2ccc(C(F)(F)F)cc2)cs1.O=Cc1cc(-c2ccc(C(F)(F)F)cc2)cs1.O=Cc1cc(Br)cs1.OB(O)c1ccc(C(F)(F)F)cc1.[Na+].[OH-]. The van der Waals surface area contributed by atoms with Crippen LogP contribution in [0.2, 0.25) is 0 Å². The average molecular weight is 1990 g/mol. The summed E-state index contributed by atoms with van der Waals surface area (Å²) in [5, 5.41) is 35.3. The molecule has 1 unspecified atom stereocenters. The van der Waals surface area contributed by atoms with E-state index in [2.05, 4.69) is 44.8 Å². The summed E-state index contributed by atoms with van der Waals surface area (Å²) in [7, 11) is -1.73. The van der Waals surface area contributed by atoms with Crippen LogP contribution >= 0.6 is 72.6 Å². The first-order chi connectivity index (χ1) is 60.2. The van der Waals surface area contributed by atoms with Crippen molar-refractivity contribution in [2.75, 3.05) is 52.6 Å². The van der Waals surface area contributed by atoms with Crippen molar-refractivity contribution in [1.29, 1.82) is 0 Å². The first-order valence-corrected chi connectivity index (χ1v) is 44.0. The first-order valence-electron chi connectivity index (χ1n) is 38.8. The van der Waals surface area contributed by atoms with Crippen LogP contribution in [0.1, 0.15) is 123 Å². The van der Waals surface area contributed by atoms with Crippen molar-refractivity contribution in [3.05, 3.63) is 294 Å². The number of aliphatic carboxylic acids is 1. The molecule has 8 heterocycles. The Hall–Kier alpha value is -9.16. The molecule has 0 bridgehead atoms. The van der Waals surface area contributed by atoms with E-state index in [1.165, 1.54) is 123 Å². The number of carbonyl (C=O) groups excluding carboxylic acids is 4. The molecule has 12 aromatic rings. The topological polar surface area (TPSA) is 219 Å². The number of halogens is 16. The van der Waals surface area contributed by atoms with Crippen molar-refractivity contribution in [1.82, 2.24) is 9.80 Å². The second-order valence-corrected chi connectivity index (χ2v) is 34.1. The monoisotopic (exact) mass is 1980 g/mol. The predicted molar refractivity (Wildman–Crippen MR) is 475 cm³/mol. The average Bonchev–Trinajstić information content (AvgIpc) is 1.66. The van der Waals surface area contributed by atoms with Crippen molar-refractivity contribution in [2.45, 2.75) is 110 Å². The maximum atomic E-state index is 12.8. The molecule has 38 heteroatoms. The van der Waals surface area contributed by atoms with Crippen molar-refractivity contribution in [2.24, 2.45) is 0 Å². The zero-order valence-corrected chi connectivity index (χ0v) is 76.6. The Kier molecular flexibility index (Phi) is 43.6. The minimum atomic E-state index is -4.39. The van der Waals surface area contributed by atoms with Crippen LogP contribution in [0.25, 0.3) is 44.5 Å². The summed E-state index contributed by atoms with van der Waals surface area (Å²) in [6, 6.07) is 44.9. The molecule has 3 aliphatic heterocycles. The molecule has 3 aliphatic rings. The number of esters is 1. The van der Waals surface area contributed by atoms with Gasteiger partial charge in [0.2, 0.25) is 0 Å². The van der Waals surface area contributed by atoms with Crippen LogP contribution in [0.4, 0.5) is 65.9 Å². The van der Waals surface area contributed by atoms with Gasteiger partial charge in [0.15, 0.2) is 32.1 Å². The number of alkyl halides is 15. The Bertz CT molecular complexity index is 5410. The summed E-state index contributed by atoms with van der Waals surface area (Å²) >= 11 is 10.4. The van der Waals surface area contributed by atoms with Crippen LogP contribution in [-0.2, 0) is 88.7 Å². The van der Waals surface area contributed by atoms with Gasteiger partial charge < -0.3 is 39.6 Å². The number of benzene rings is 7. The third kappa shape index (κ3) is 35.4. The molecule has 130 heavy (non-hydrogen) atoms. The molecular weight excluding hydrogens is 1900 g/mol. The van der Waals surface area contributed by atoms with Crippen LogP contribution in [0.5, 0.6) is 11.5 Å². The minimum absolute atomic E-state index is 0. The molecule has 0 saturated carbocycles. The van der Waals surface area contributed by atoms with E-state index < -0.39 is 71.8 Å². The number of ether oxygens (including phenoxy) is 4. The van der Waals surface area contributed by atoms with Crippen LogP contribution in [-0.4, -0.2) is 127 Å². The minimum Gasteiger partial charge on any atom is -0.870 e. The maximum Gasteiger partial charge on any atom is 1.00 e. The van der Waals surface area contributed by atoms with E-state index in [0.717, 1.165) is 211 Å². The number of nitrogens with zero attached hydrogens (tertiary/aromatic N) is 2. The largest absolute Gasteiger partial charge is 1.00 e. The number of carbonyl (C=O) groups is 5. The quantitative estimate of drug-likeness (QED) is 0.0297. The molecule has 7 aromatic carbocycles. The summed E-state index contributed by atoms with van der Waals surface area (Å²) in [6.45, 7) is 9.89. The van der Waals surface area contributed by atoms with Gasteiger partial charge in [-0.05, 0) is 265 Å². The van der Waals surface area contributed by atoms with Gasteiger partial charge in [0.05, 0.1) is 55.2 Å². The van der Waals surface area contributed by atoms with Gasteiger partial charge in [-0.15, -0.1) is 56.7 Å². The fourth-order valence-corrected chi connectivity index (χ4v) is 17.2. The Morgan fingerprint density at radius 3 is 1.05 bits per heavy atom. The second-order valence-electron chi connectivity index (χ2n) is 28.4. The van der Waals surface area contributed by atoms with E-state index in [0.29, 0.717) is 45.1 Å². The summed E-state index contributed by atoms with van der Waals surface area (Å²) in [5.74, 6) is -0.147. The van der Waals surface area contributed by atoms with Crippen molar-refractivity contribution >= 4 is 116 Å². The van der Waals surface area contributed by atoms with Gasteiger partial charge in [-0.25, -0.2) is 9.59 Å². The zero-order chi connectivity index (χ0) is 92.2. The van der Waals surface area contributed by atoms with Crippen LogP contribution in [0.3, 0.4) is 0 Å². The third-order valence-corrected chi connectivity index (χ3v) is 24.5. The molecule has 4 N–H and O–H groups in total. The maximum absolute atomic E-state index is 12.8. The molecule has 688 valence electrons. The Morgan fingerprint density at radius 2 is 0.777 bits per heavy atom. The molecule has 1 fully saturated rings. The van der Waals surface area contributed by atoms with Gasteiger partial charge in [-0.3, -0.25) is 24.2 Å². The van der Waals surface area contributed by atoms with Crippen LogP contribution in [0.15, 0.2) is 219 Å². The molecule has 1 saturated heterocycles. The van der Waals surface area contributed by atoms with E-state index in [9.17, 15) is 89.8 Å². The Balaban J connectivity index is 0.000000248. The normalized spacial score (nSPS) is 13.6. The molecule has 0 spiro atoms. The standard InChI is InChI=1S/C26H26F3NO3S.C24H22F3NO3S.2C12H7F3OS.C7H6BF3O2.C5H3BrOS.C5H10O.CH4.Na.H2O/c1-2-32-25(31)16-33-23-8-5-19-9-11-30(12-10-20(19)13-23)15-24-14-21(17-34-24)18-3-6-22(7-4-18)26(27,28)29;25-24(26,27)20-4-1-16(2-5-20)19-12-22(32-15-19)13-28-9-7-17-3-6-21(31-14-23(29)30)11-18(17)8-10-28;2*13-12(14,15)10-3-1-8(2-4-10)9-5-11(6-16)17-7-9;9-7(10,11)5-1-3-6(4-2-5)8(12)13;6-4-1-5(2-7)8-3-4;1-5-3-2-4-6-5;;;/h3-8,13-14,17H,2,9-12,15-16H2,1H3;1-6,11-12,15H,7-10,13-14H2,(H,29,30);2*1-7H;1-4,12-13H;1-3H;5H,2-4H2,1H3;1H4;;1H2/q;;;;;;;;+1;/p-1. The molecule has 0 aliphatic carbocycles. The predicted octanol–water partition coefficient (Wildman–Crippen LogP) is 21.3. The smallest absolute Gasteiger partial charge is 0.870 e. The number of hydrogen-bond donors (Lipinski definition) is 3. The Labute approximate surface area is 791 Å². The fraction of sp³-hybridized carbons (Fsp3) is 0.272. The summed E-state index contributed by atoms with van der Waals surface area (Å²) in [4.78, 5) is 62.2. The first kappa shape index (κ1) is 110. The number of thiophene rings is 5. The van der Waals surface area contributed by atoms with E-state index in [1.54, 1.807) is 58.6 Å². The number of aldehydes is 3. The summed E-state index contributed by atoms with van der Waals surface area (Å²) in [5.41, 5.74) is 7.80. The summed E-state index contributed by atoms with van der Waals surface area (Å²) < 4.78 is 209. The molecule has 15 rings (SSSR count). The van der Waals surface area contributed by atoms with Gasteiger partial charge >= 0.3 is 79.5 Å². The molecule has 15 nitrogen and oxygen atoms in total. The number of fused-ring (bicyclic) bond motifs is 2. The number of carboxylic acids is 1. The van der Waals surface area contributed by atoms with Crippen molar-refractivity contribution in [3.8, 4) is 56.0 Å². The van der Waals surface area contributed by atoms with Crippen molar-refractivity contribution < 1.29 is 159 Å². The molecular formula is C92H86BBrF15N2NaO13S5. The number of hydrogen-bond acceptors (Lipinski definition) is 19. The van der Waals surface area contributed by atoms with E-state index >= 15 is 0 Å². The summed E-state index contributed by atoms with van der Waals surface area (Å²) in [6.07, 6.45) is -12.8. The zero-order valence-electron chi connectivity index (χ0n) is 68.9. The number of carboxylic acid groups (broad SMARTS) is 1. The van der Waals surface area contributed by atoms with E-state index in [1.807, 2.05) is 52.5 Å². The third-order valence-electron chi connectivity index (χ3n) is 19.3. The Morgan fingerprint density at radius 1 is 0.454 bits per heavy atom. The molecule has 0 amide bonds. The van der Waals surface area contributed by atoms with Gasteiger partial charge in [-0.2, -0.15) is 65.9 Å². The van der Waals surface area contributed by atoms with Gasteiger partial charge in [0.25, 0.3) is 0 Å². The number of rotatable bonds is 19. The second kappa shape index (κ2) is 51.8. The van der Waals surface area contributed by atoms with E-state index in [-0.39, 0.29) is 67.1 Å².